The number of pyridine rings is 1. The van der Waals surface area contributed by atoms with Gasteiger partial charge in [0.05, 0.1) is 30.9 Å². The molecule has 0 fully saturated rings. The van der Waals surface area contributed by atoms with E-state index in [1.165, 1.54) is 0 Å². The lowest BCUT2D eigenvalue weighted by Gasteiger charge is -2.08. The van der Waals surface area contributed by atoms with Crippen molar-refractivity contribution in [3.63, 3.8) is 0 Å². The first-order valence-electron chi connectivity index (χ1n) is 8.55. The van der Waals surface area contributed by atoms with Crippen molar-refractivity contribution >= 4 is 22.8 Å². The molecule has 0 spiro atoms. The van der Waals surface area contributed by atoms with Gasteiger partial charge in [-0.25, -0.2) is 4.98 Å². The highest BCUT2D eigenvalue weighted by Gasteiger charge is 2.03. The first-order valence-corrected chi connectivity index (χ1v) is 8.55. The van der Waals surface area contributed by atoms with Crippen LogP contribution in [0.3, 0.4) is 0 Å². The smallest absolute Gasteiger partial charge is 0.121 e. The van der Waals surface area contributed by atoms with Crippen LogP contribution in [-0.2, 0) is 0 Å². The van der Waals surface area contributed by atoms with Crippen LogP contribution in [0.15, 0.2) is 72.5 Å². The van der Waals surface area contributed by atoms with E-state index in [4.69, 9.17) is 4.74 Å². The number of hydrogen-bond donors (Lipinski definition) is 1. The Kier molecular flexibility index (Phi) is 4.53. The van der Waals surface area contributed by atoms with Crippen molar-refractivity contribution in [1.29, 1.82) is 0 Å². The third-order valence-corrected chi connectivity index (χ3v) is 4.35. The third-order valence-electron chi connectivity index (χ3n) is 4.35. The van der Waals surface area contributed by atoms with Gasteiger partial charge in [-0.3, -0.25) is 10.4 Å². The topological polar surface area (TPSA) is 64.3 Å². The fourth-order valence-corrected chi connectivity index (χ4v) is 2.98. The Bertz CT molecular complexity index is 1100. The Morgan fingerprint density at radius 2 is 2.04 bits per heavy atom. The number of hydrogen-bond acceptors (Lipinski definition) is 5. The Labute approximate surface area is 157 Å². The number of rotatable bonds is 5. The second-order valence-corrected chi connectivity index (χ2v) is 6.13. The predicted octanol–water partition coefficient (Wildman–Crippen LogP) is 4.18. The number of imidazole rings is 1. The first kappa shape index (κ1) is 16.8. The number of aryl methyl sites for hydroxylation is 1. The number of nitrogens with one attached hydrogen (secondary N) is 1. The van der Waals surface area contributed by atoms with Crippen LogP contribution in [-0.4, -0.2) is 27.9 Å². The summed E-state index contributed by atoms with van der Waals surface area (Å²) in [6.07, 6.45) is 9.06. The van der Waals surface area contributed by atoms with E-state index in [-0.39, 0.29) is 0 Å². The SMILES string of the molecule is COc1ccc2c(NN=Cc3ccc(-n4ccnc4)c(C)c3)ccnc2c1. The van der Waals surface area contributed by atoms with E-state index in [1.54, 1.807) is 32.0 Å². The zero-order valence-corrected chi connectivity index (χ0v) is 15.1. The maximum atomic E-state index is 5.25. The maximum Gasteiger partial charge on any atom is 0.121 e. The van der Waals surface area contributed by atoms with Gasteiger partial charge in [-0.2, -0.15) is 5.10 Å². The number of nitrogens with zero attached hydrogens (tertiary/aromatic N) is 4. The lowest BCUT2D eigenvalue weighted by atomic mass is 10.1. The second-order valence-electron chi connectivity index (χ2n) is 6.13. The Balaban J connectivity index is 1.54. The van der Waals surface area contributed by atoms with Crippen molar-refractivity contribution in [2.24, 2.45) is 5.10 Å². The van der Waals surface area contributed by atoms with Crippen molar-refractivity contribution in [2.45, 2.75) is 6.92 Å². The minimum atomic E-state index is 0.782. The zero-order valence-electron chi connectivity index (χ0n) is 15.1. The molecular weight excluding hydrogens is 338 g/mol. The van der Waals surface area contributed by atoms with Crippen LogP contribution in [0.5, 0.6) is 5.75 Å². The number of methoxy groups -OCH3 is 1. The molecule has 6 nitrogen and oxygen atoms in total. The van der Waals surface area contributed by atoms with E-state index in [0.29, 0.717) is 0 Å². The summed E-state index contributed by atoms with van der Waals surface area (Å²) in [7, 11) is 1.65. The van der Waals surface area contributed by atoms with Crippen molar-refractivity contribution in [1.82, 2.24) is 14.5 Å². The average Bonchev–Trinajstić information content (AvgIpc) is 3.22. The van der Waals surface area contributed by atoms with Gasteiger partial charge in [-0.15, -0.1) is 0 Å². The highest BCUT2D eigenvalue weighted by molar-refractivity contribution is 5.92. The molecule has 4 rings (SSSR count). The fourth-order valence-electron chi connectivity index (χ4n) is 2.98. The summed E-state index contributed by atoms with van der Waals surface area (Å²) >= 11 is 0. The molecule has 0 aliphatic carbocycles. The van der Waals surface area contributed by atoms with E-state index in [9.17, 15) is 0 Å². The third kappa shape index (κ3) is 3.50. The quantitative estimate of drug-likeness (QED) is 0.430. The van der Waals surface area contributed by atoms with Crippen molar-refractivity contribution in [3.8, 4) is 11.4 Å². The number of aromatic nitrogens is 3. The molecule has 6 heteroatoms. The van der Waals surface area contributed by atoms with E-state index >= 15 is 0 Å². The van der Waals surface area contributed by atoms with E-state index in [2.05, 4.69) is 39.6 Å². The molecule has 4 aromatic rings. The molecule has 2 aromatic heterocycles. The molecule has 0 unspecified atom stereocenters. The van der Waals surface area contributed by atoms with Crippen LogP contribution in [0, 0.1) is 6.92 Å². The van der Waals surface area contributed by atoms with E-state index in [1.807, 2.05) is 41.1 Å². The van der Waals surface area contributed by atoms with Gasteiger partial charge >= 0.3 is 0 Å². The molecule has 0 atom stereocenters. The molecule has 0 saturated heterocycles. The summed E-state index contributed by atoms with van der Waals surface area (Å²) in [6, 6.07) is 13.9. The zero-order chi connectivity index (χ0) is 18.6. The lowest BCUT2D eigenvalue weighted by molar-refractivity contribution is 0.415. The standard InChI is InChI=1S/C21H19N5O/c1-15-11-16(3-6-21(15)26-10-9-22-14-26)13-24-25-19-7-8-23-20-12-17(27-2)4-5-18(19)20/h3-14H,1-2H3,(H,23,25). The van der Waals surface area contributed by atoms with E-state index in [0.717, 1.165) is 39.2 Å². The summed E-state index contributed by atoms with van der Waals surface area (Å²) in [5.41, 5.74) is 8.13. The predicted molar refractivity (Wildman–Crippen MR) is 108 cm³/mol. The number of benzene rings is 2. The average molecular weight is 357 g/mol. The second kappa shape index (κ2) is 7.29. The van der Waals surface area contributed by atoms with Gasteiger partial charge in [0.15, 0.2) is 0 Å². The molecule has 0 radical (unpaired) electrons. The molecule has 134 valence electrons. The Morgan fingerprint density at radius 1 is 1.11 bits per heavy atom. The molecule has 0 amide bonds. The highest BCUT2D eigenvalue weighted by Crippen LogP contribution is 2.25. The minimum absolute atomic E-state index is 0.782. The van der Waals surface area contributed by atoms with Crippen LogP contribution in [0.4, 0.5) is 5.69 Å². The van der Waals surface area contributed by atoms with Gasteiger partial charge in [-0.05, 0) is 48.4 Å². The number of hydrazone groups is 1. The van der Waals surface area contributed by atoms with Gasteiger partial charge in [0.2, 0.25) is 0 Å². The summed E-state index contributed by atoms with van der Waals surface area (Å²) in [5.74, 6) is 0.782. The number of anilines is 1. The lowest BCUT2D eigenvalue weighted by Crippen LogP contribution is -1.96. The van der Waals surface area contributed by atoms with Crippen molar-refractivity contribution < 1.29 is 4.74 Å². The summed E-state index contributed by atoms with van der Waals surface area (Å²) in [4.78, 5) is 8.48. The van der Waals surface area contributed by atoms with Gasteiger partial charge in [0.1, 0.15) is 5.75 Å². The summed E-state index contributed by atoms with van der Waals surface area (Å²) < 4.78 is 7.25. The number of ether oxygens (including phenoxy) is 1. The maximum absolute atomic E-state index is 5.25. The van der Waals surface area contributed by atoms with Crippen LogP contribution in [0.25, 0.3) is 16.6 Å². The fraction of sp³-hybridized carbons (Fsp3) is 0.0952. The Morgan fingerprint density at radius 3 is 2.81 bits per heavy atom. The van der Waals surface area contributed by atoms with Gasteiger partial charge < -0.3 is 9.30 Å². The molecule has 0 saturated carbocycles. The molecule has 0 aliphatic heterocycles. The molecule has 0 bridgehead atoms. The van der Waals surface area contributed by atoms with Crippen LogP contribution < -0.4 is 10.2 Å². The van der Waals surface area contributed by atoms with E-state index < -0.39 is 0 Å². The molecule has 2 heterocycles. The van der Waals surface area contributed by atoms with Gasteiger partial charge in [-0.1, -0.05) is 6.07 Å². The minimum Gasteiger partial charge on any atom is -0.497 e. The highest BCUT2D eigenvalue weighted by atomic mass is 16.5. The van der Waals surface area contributed by atoms with Crippen LogP contribution in [0.1, 0.15) is 11.1 Å². The van der Waals surface area contributed by atoms with Crippen molar-refractivity contribution in [3.05, 3.63) is 78.5 Å². The van der Waals surface area contributed by atoms with Crippen molar-refractivity contribution in [2.75, 3.05) is 12.5 Å². The molecule has 0 aliphatic rings. The summed E-state index contributed by atoms with van der Waals surface area (Å²) in [6.45, 7) is 2.07. The molecule has 1 N–H and O–H groups in total. The Hall–Kier alpha value is -3.67. The van der Waals surface area contributed by atoms with Gasteiger partial charge in [0, 0.05) is 35.7 Å². The number of fused-ring (bicyclic) bond motifs is 1. The first-order chi connectivity index (χ1) is 13.2. The molecule has 2 aromatic carbocycles. The molecular formula is C21H19N5O. The van der Waals surface area contributed by atoms with Crippen LogP contribution >= 0.6 is 0 Å². The normalized spacial score (nSPS) is 11.2. The largest absolute Gasteiger partial charge is 0.497 e. The molecule has 27 heavy (non-hydrogen) atoms. The van der Waals surface area contributed by atoms with Gasteiger partial charge in [0.25, 0.3) is 0 Å². The van der Waals surface area contributed by atoms with Crippen LogP contribution in [0.2, 0.25) is 0 Å². The monoisotopic (exact) mass is 357 g/mol. The summed E-state index contributed by atoms with van der Waals surface area (Å²) in [5, 5.41) is 5.37.